The van der Waals surface area contributed by atoms with Crippen LogP contribution < -0.4 is 10.6 Å². The van der Waals surface area contributed by atoms with E-state index in [0.29, 0.717) is 6.04 Å². The van der Waals surface area contributed by atoms with Gasteiger partial charge < -0.3 is 10.6 Å². The second kappa shape index (κ2) is 11.2. The molecule has 1 saturated heterocycles. The highest BCUT2D eigenvalue weighted by Gasteiger charge is 2.24. The van der Waals surface area contributed by atoms with Gasteiger partial charge in [0.15, 0.2) is 5.96 Å². The number of hydrogen-bond acceptors (Lipinski definition) is 4. The topological polar surface area (TPSA) is 39.7 Å². The van der Waals surface area contributed by atoms with Gasteiger partial charge in [-0.2, -0.15) is 0 Å². The fourth-order valence-corrected chi connectivity index (χ4v) is 4.69. The SMILES string of the molecule is CN=C(NCCc1cccs1)NCC(c1cccs1)N1CCCC1.I. The summed E-state index contributed by atoms with van der Waals surface area (Å²) in [4.78, 5) is 9.82. The number of thiophene rings is 2. The second-order valence-electron chi connectivity index (χ2n) is 5.98. The lowest BCUT2D eigenvalue weighted by Gasteiger charge is -2.27. The minimum Gasteiger partial charge on any atom is -0.356 e. The number of likely N-dealkylation sites (tertiary alicyclic amines) is 1. The number of hydrogen-bond donors (Lipinski definition) is 2. The van der Waals surface area contributed by atoms with Gasteiger partial charge in [-0.25, -0.2) is 0 Å². The fourth-order valence-electron chi connectivity index (χ4n) is 3.12. The maximum absolute atomic E-state index is 4.37. The summed E-state index contributed by atoms with van der Waals surface area (Å²) in [5.41, 5.74) is 0. The van der Waals surface area contributed by atoms with Crippen LogP contribution in [0, 0.1) is 0 Å². The number of rotatable bonds is 7. The van der Waals surface area contributed by atoms with Gasteiger partial charge in [-0.05, 0) is 55.2 Å². The molecule has 0 aliphatic carbocycles. The van der Waals surface area contributed by atoms with Crippen molar-refractivity contribution in [2.24, 2.45) is 4.99 Å². The lowest BCUT2D eigenvalue weighted by molar-refractivity contribution is 0.249. The Morgan fingerprint density at radius 3 is 2.56 bits per heavy atom. The maximum atomic E-state index is 4.37. The molecule has 138 valence electrons. The van der Waals surface area contributed by atoms with Gasteiger partial charge in [0, 0.05) is 29.9 Å². The predicted octanol–water partition coefficient (Wildman–Crippen LogP) is 3.97. The van der Waals surface area contributed by atoms with Gasteiger partial charge in [0.05, 0.1) is 6.04 Å². The predicted molar refractivity (Wildman–Crippen MR) is 121 cm³/mol. The average molecular weight is 490 g/mol. The van der Waals surface area contributed by atoms with Crippen molar-refractivity contribution in [1.29, 1.82) is 0 Å². The lowest BCUT2D eigenvalue weighted by Crippen LogP contribution is -2.43. The van der Waals surface area contributed by atoms with Crippen LogP contribution in [0.5, 0.6) is 0 Å². The molecule has 0 saturated carbocycles. The van der Waals surface area contributed by atoms with Gasteiger partial charge in [0.25, 0.3) is 0 Å². The molecule has 4 nitrogen and oxygen atoms in total. The molecule has 7 heteroatoms. The van der Waals surface area contributed by atoms with E-state index in [1.165, 1.54) is 35.7 Å². The van der Waals surface area contributed by atoms with E-state index in [1.54, 1.807) is 0 Å². The van der Waals surface area contributed by atoms with Crippen LogP contribution in [0.1, 0.15) is 28.6 Å². The molecule has 1 fully saturated rings. The minimum atomic E-state index is 0. The zero-order chi connectivity index (χ0) is 16.6. The highest BCUT2D eigenvalue weighted by molar-refractivity contribution is 14.0. The molecule has 0 spiro atoms. The Balaban J connectivity index is 0.00000225. The molecule has 0 radical (unpaired) electrons. The zero-order valence-electron chi connectivity index (χ0n) is 14.6. The minimum absolute atomic E-state index is 0. The standard InChI is InChI=1S/C18H26N4S2.HI/c1-19-18(20-9-8-15-6-4-12-23-15)21-14-16(17-7-5-13-24-17)22-10-2-3-11-22;/h4-7,12-13,16H,2-3,8-11,14H2,1H3,(H2,19,20,21);1H. The van der Waals surface area contributed by atoms with E-state index < -0.39 is 0 Å². The summed E-state index contributed by atoms with van der Waals surface area (Å²) in [5.74, 6) is 0.896. The number of nitrogens with one attached hydrogen (secondary N) is 2. The van der Waals surface area contributed by atoms with Crippen molar-refractivity contribution >= 4 is 52.6 Å². The second-order valence-corrected chi connectivity index (χ2v) is 8.00. The van der Waals surface area contributed by atoms with Crippen molar-refractivity contribution < 1.29 is 0 Å². The van der Waals surface area contributed by atoms with E-state index in [4.69, 9.17) is 0 Å². The Hall–Kier alpha value is -0.640. The molecule has 3 rings (SSSR count). The molecule has 2 aromatic rings. The van der Waals surface area contributed by atoms with Crippen LogP contribution in [-0.2, 0) is 6.42 Å². The molecule has 1 aliphatic rings. The van der Waals surface area contributed by atoms with Crippen LogP contribution in [0.25, 0.3) is 0 Å². The van der Waals surface area contributed by atoms with Crippen molar-refractivity contribution in [2.75, 3.05) is 33.2 Å². The number of aliphatic imine (C=N–C) groups is 1. The van der Waals surface area contributed by atoms with E-state index in [-0.39, 0.29) is 24.0 Å². The first kappa shape index (κ1) is 20.7. The van der Waals surface area contributed by atoms with Crippen molar-refractivity contribution in [1.82, 2.24) is 15.5 Å². The van der Waals surface area contributed by atoms with Crippen molar-refractivity contribution in [3.63, 3.8) is 0 Å². The first-order valence-corrected chi connectivity index (χ1v) is 10.4. The summed E-state index contributed by atoms with van der Waals surface area (Å²) < 4.78 is 0. The Labute approximate surface area is 175 Å². The molecule has 1 unspecified atom stereocenters. The maximum Gasteiger partial charge on any atom is 0.191 e. The van der Waals surface area contributed by atoms with Crippen LogP contribution in [0.15, 0.2) is 40.0 Å². The van der Waals surface area contributed by atoms with E-state index in [2.05, 4.69) is 55.6 Å². The zero-order valence-corrected chi connectivity index (χ0v) is 18.6. The van der Waals surface area contributed by atoms with Crippen molar-refractivity contribution in [3.05, 3.63) is 44.8 Å². The summed E-state index contributed by atoms with van der Waals surface area (Å²) in [7, 11) is 1.84. The molecular formula is C18H27IN4S2. The highest BCUT2D eigenvalue weighted by Crippen LogP contribution is 2.27. The third kappa shape index (κ3) is 6.23. The van der Waals surface area contributed by atoms with Crippen molar-refractivity contribution in [3.8, 4) is 0 Å². The van der Waals surface area contributed by atoms with Gasteiger partial charge in [-0.3, -0.25) is 9.89 Å². The van der Waals surface area contributed by atoms with E-state index in [9.17, 15) is 0 Å². The summed E-state index contributed by atoms with van der Waals surface area (Å²) in [5, 5.41) is 11.3. The molecule has 3 heterocycles. The van der Waals surface area contributed by atoms with E-state index in [0.717, 1.165) is 25.5 Å². The Morgan fingerprint density at radius 1 is 1.16 bits per heavy atom. The van der Waals surface area contributed by atoms with Crippen molar-refractivity contribution in [2.45, 2.75) is 25.3 Å². The van der Waals surface area contributed by atoms with Gasteiger partial charge >= 0.3 is 0 Å². The normalized spacial score (nSPS) is 16.4. The van der Waals surface area contributed by atoms with Crippen LogP contribution in [-0.4, -0.2) is 44.1 Å². The van der Waals surface area contributed by atoms with Crippen LogP contribution >= 0.6 is 46.7 Å². The largest absolute Gasteiger partial charge is 0.356 e. The Morgan fingerprint density at radius 2 is 1.92 bits per heavy atom. The van der Waals surface area contributed by atoms with Gasteiger partial charge in [-0.15, -0.1) is 46.7 Å². The summed E-state index contributed by atoms with van der Waals surface area (Å²) in [6.07, 6.45) is 3.67. The molecule has 25 heavy (non-hydrogen) atoms. The third-order valence-electron chi connectivity index (χ3n) is 4.38. The van der Waals surface area contributed by atoms with Crippen LogP contribution in [0.2, 0.25) is 0 Å². The quantitative estimate of drug-likeness (QED) is 0.351. The first-order valence-electron chi connectivity index (χ1n) is 8.61. The monoisotopic (exact) mass is 490 g/mol. The Bertz CT molecular complexity index is 607. The molecule has 1 aliphatic heterocycles. The highest BCUT2D eigenvalue weighted by atomic mass is 127. The molecule has 2 aromatic heterocycles. The first-order chi connectivity index (χ1) is 11.9. The lowest BCUT2D eigenvalue weighted by atomic mass is 10.2. The molecule has 1 atom stereocenters. The van der Waals surface area contributed by atoms with Crippen LogP contribution in [0.3, 0.4) is 0 Å². The van der Waals surface area contributed by atoms with Gasteiger partial charge in [0.1, 0.15) is 0 Å². The molecule has 0 amide bonds. The number of halogens is 1. The molecule has 0 aromatic carbocycles. The summed E-state index contributed by atoms with van der Waals surface area (Å²) >= 11 is 3.66. The Kier molecular flexibility index (Phi) is 9.22. The molecular weight excluding hydrogens is 463 g/mol. The number of nitrogens with zero attached hydrogens (tertiary/aromatic N) is 2. The van der Waals surface area contributed by atoms with E-state index in [1.807, 2.05) is 29.7 Å². The smallest absolute Gasteiger partial charge is 0.191 e. The molecule has 0 bridgehead atoms. The molecule has 2 N–H and O–H groups in total. The third-order valence-corrected chi connectivity index (χ3v) is 6.29. The summed E-state index contributed by atoms with van der Waals surface area (Å²) in [6.45, 7) is 4.22. The average Bonchev–Trinajstić information content (AvgIpc) is 3.35. The van der Waals surface area contributed by atoms with Gasteiger partial charge in [0.2, 0.25) is 0 Å². The van der Waals surface area contributed by atoms with Gasteiger partial charge in [-0.1, -0.05) is 12.1 Å². The fraction of sp³-hybridized carbons (Fsp3) is 0.500. The summed E-state index contributed by atoms with van der Waals surface area (Å²) in [6, 6.07) is 9.14. The van der Waals surface area contributed by atoms with Crippen LogP contribution in [0.4, 0.5) is 0 Å². The number of guanidine groups is 1. The van der Waals surface area contributed by atoms with E-state index >= 15 is 0 Å².